The Bertz CT molecular complexity index is 564. The number of nitrogens with one attached hydrogen (secondary N) is 1. The second kappa shape index (κ2) is 5.89. The monoisotopic (exact) mass is 274 g/mol. The summed E-state index contributed by atoms with van der Waals surface area (Å²) in [6.07, 6.45) is 2.51. The first-order chi connectivity index (χ1) is 9.06. The van der Waals surface area contributed by atoms with E-state index in [-0.39, 0.29) is 6.04 Å². The summed E-state index contributed by atoms with van der Waals surface area (Å²) >= 11 is 5.10. The van der Waals surface area contributed by atoms with Gasteiger partial charge in [0.05, 0.1) is 6.26 Å². The standard InChI is InChI=1S/C15H18N2OS/c1-10-5-6-14(13(8-10)15(16)19)17-11(2)9-12-4-3-7-18-12/h3-8,11,17H,9H2,1-2H3,(H2,16,19). The molecule has 3 nitrogen and oxygen atoms in total. The maximum absolute atomic E-state index is 5.77. The van der Waals surface area contributed by atoms with E-state index in [1.807, 2.05) is 37.3 Å². The van der Waals surface area contributed by atoms with Gasteiger partial charge in [-0.1, -0.05) is 23.8 Å². The third kappa shape index (κ3) is 3.58. The van der Waals surface area contributed by atoms with Crippen LogP contribution in [-0.4, -0.2) is 11.0 Å². The number of nitrogens with two attached hydrogens (primary N) is 1. The van der Waals surface area contributed by atoms with Crippen LogP contribution in [0.3, 0.4) is 0 Å². The Morgan fingerprint density at radius 2 is 2.21 bits per heavy atom. The first kappa shape index (κ1) is 13.6. The van der Waals surface area contributed by atoms with Gasteiger partial charge in [-0.3, -0.25) is 0 Å². The number of anilines is 1. The molecule has 2 rings (SSSR count). The largest absolute Gasteiger partial charge is 0.469 e. The molecule has 1 atom stereocenters. The van der Waals surface area contributed by atoms with Crippen molar-refractivity contribution in [3.8, 4) is 0 Å². The molecule has 0 saturated carbocycles. The zero-order chi connectivity index (χ0) is 13.8. The first-order valence-electron chi connectivity index (χ1n) is 6.25. The van der Waals surface area contributed by atoms with Crippen molar-refractivity contribution < 1.29 is 4.42 Å². The lowest BCUT2D eigenvalue weighted by Crippen LogP contribution is -2.21. The minimum absolute atomic E-state index is 0.238. The average molecular weight is 274 g/mol. The zero-order valence-corrected chi connectivity index (χ0v) is 12.0. The average Bonchev–Trinajstić information content (AvgIpc) is 2.83. The molecule has 0 fully saturated rings. The third-order valence-corrected chi connectivity index (χ3v) is 3.15. The second-order valence-electron chi connectivity index (χ2n) is 4.74. The Labute approximate surface area is 118 Å². The van der Waals surface area contributed by atoms with Gasteiger partial charge in [0.1, 0.15) is 10.7 Å². The number of hydrogen-bond donors (Lipinski definition) is 2. The minimum atomic E-state index is 0.238. The molecular weight excluding hydrogens is 256 g/mol. The van der Waals surface area contributed by atoms with Gasteiger partial charge in [-0.2, -0.15) is 0 Å². The summed E-state index contributed by atoms with van der Waals surface area (Å²) < 4.78 is 5.35. The maximum atomic E-state index is 5.77. The number of furan rings is 1. The summed E-state index contributed by atoms with van der Waals surface area (Å²) in [4.78, 5) is 0.413. The lowest BCUT2D eigenvalue weighted by atomic mass is 10.1. The molecule has 0 bridgehead atoms. The molecule has 0 aliphatic heterocycles. The molecule has 100 valence electrons. The second-order valence-corrected chi connectivity index (χ2v) is 5.18. The van der Waals surface area contributed by atoms with Crippen LogP contribution in [0.25, 0.3) is 0 Å². The molecule has 0 aliphatic rings. The van der Waals surface area contributed by atoms with Gasteiger partial charge in [0, 0.05) is 23.7 Å². The Morgan fingerprint density at radius 1 is 1.42 bits per heavy atom. The van der Waals surface area contributed by atoms with E-state index in [1.165, 1.54) is 0 Å². The predicted octanol–water partition coefficient (Wildman–Crippen LogP) is 3.27. The molecule has 1 aromatic carbocycles. The van der Waals surface area contributed by atoms with E-state index in [4.69, 9.17) is 22.4 Å². The zero-order valence-electron chi connectivity index (χ0n) is 11.1. The van der Waals surface area contributed by atoms with Crippen LogP contribution in [0.15, 0.2) is 41.0 Å². The highest BCUT2D eigenvalue weighted by atomic mass is 32.1. The number of aryl methyl sites for hydroxylation is 1. The smallest absolute Gasteiger partial charge is 0.106 e. The van der Waals surface area contributed by atoms with Crippen molar-refractivity contribution in [2.24, 2.45) is 5.73 Å². The molecule has 0 aliphatic carbocycles. The van der Waals surface area contributed by atoms with E-state index < -0.39 is 0 Å². The van der Waals surface area contributed by atoms with Crippen molar-refractivity contribution in [2.75, 3.05) is 5.32 Å². The molecule has 19 heavy (non-hydrogen) atoms. The number of benzene rings is 1. The fraction of sp³-hybridized carbons (Fsp3) is 0.267. The van der Waals surface area contributed by atoms with E-state index >= 15 is 0 Å². The van der Waals surface area contributed by atoms with Crippen LogP contribution in [0.5, 0.6) is 0 Å². The highest BCUT2D eigenvalue weighted by Crippen LogP contribution is 2.19. The first-order valence-corrected chi connectivity index (χ1v) is 6.66. The van der Waals surface area contributed by atoms with Crippen molar-refractivity contribution in [3.05, 3.63) is 53.5 Å². The molecular formula is C15H18N2OS. The highest BCUT2D eigenvalue weighted by Gasteiger charge is 2.10. The van der Waals surface area contributed by atoms with Crippen molar-refractivity contribution in [1.29, 1.82) is 0 Å². The van der Waals surface area contributed by atoms with Gasteiger partial charge < -0.3 is 15.5 Å². The van der Waals surface area contributed by atoms with Crippen LogP contribution in [0.4, 0.5) is 5.69 Å². The number of thiocarbonyl (C=S) groups is 1. The van der Waals surface area contributed by atoms with Crippen LogP contribution >= 0.6 is 12.2 Å². The van der Waals surface area contributed by atoms with Crippen molar-refractivity contribution >= 4 is 22.9 Å². The van der Waals surface area contributed by atoms with Crippen LogP contribution in [0, 0.1) is 6.92 Å². The SMILES string of the molecule is Cc1ccc(NC(C)Cc2ccco2)c(C(N)=S)c1. The highest BCUT2D eigenvalue weighted by molar-refractivity contribution is 7.80. The van der Waals surface area contributed by atoms with Crippen LogP contribution in [0.1, 0.15) is 23.8 Å². The van der Waals surface area contributed by atoms with Crippen LogP contribution in [-0.2, 0) is 6.42 Å². The summed E-state index contributed by atoms with van der Waals surface area (Å²) in [5.41, 5.74) is 8.77. The van der Waals surface area contributed by atoms with Crippen molar-refractivity contribution in [2.45, 2.75) is 26.3 Å². The fourth-order valence-corrected chi connectivity index (χ4v) is 2.20. The fourth-order valence-electron chi connectivity index (χ4n) is 2.03. The molecule has 0 spiro atoms. The predicted molar refractivity (Wildman–Crippen MR) is 82.6 cm³/mol. The lowest BCUT2D eigenvalue weighted by Gasteiger charge is -2.17. The molecule has 3 N–H and O–H groups in total. The van der Waals surface area contributed by atoms with Crippen LogP contribution in [0.2, 0.25) is 0 Å². The lowest BCUT2D eigenvalue weighted by molar-refractivity contribution is 0.498. The van der Waals surface area contributed by atoms with Crippen molar-refractivity contribution in [1.82, 2.24) is 0 Å². The van der Waals surface area contributed by atoms with E-state index in [1.54, 1.807) is 6.26 Å². The van der Waals surface area contributed by atoms with Gasteiger partial charge in [-0.05, 0) is 38.1 Å². The summed E-state index contributed by atoms with van der Waals surface area (Å²) in [6, 6.07) is 10.2. The quantitative estimate of drug-likeness (QED) is 0.822. The molecule has 1 aromatic heterocycles. The van der Waals surface area contributed by atoms with Gasteiger partial charge >= 0.3 is 0 Å². The molecule has 2 aromatic rings. The van der Waals surface area contributed by atoms with E-state index in [2.05, 4.69) is 12.2 Å². The van der Waals surface area contributed by atoms with Gasteiger partial charge in [0.25, 0.3) is 0 Å². The Morgan fingerprint density at radius 3 is 2.84 bits per heavy atom. The molecule has 0 amide bonds. The summed E-state index contributed by atoms with van der Waals surface area (Å²) in [7, 11) is 0. The topological polar surface area (TPSA) is 51.2 Å². The van der Waals surface area contributed by atoms with E-state index in [0.717, 1.165) is 29.0 Å². The maximum Gasteiger partial charge on any atom is 0.106 e. The normalized spacial score (nSPS) is 12.1. The Balaban J connectivity index is 2.12. The molecule has 0 saturated heterocycles. The van der Waals surface area contributed by atoms with Crippen molar-refractivity contribution in [3.63, 3.8) is 0 Å². The molecule has 0 radical (unpaired) electrons. The summed E-state index contributed by atoms with van der Waals surface area (Å²) in [5.74, 6) is 0.962. The summed E-state index contributed by atoms with van der Waals surface area (Å²) in [6.45, 7) is 4.13. The Kier molecular flexibility index (Phi) is 4.22. The van der Waals surface area contributed by atoms with Gasteiger partial charge in [-0.15, -0.1) is 0 Å². The third-order valence-electron chi connectivity index (χ3n) is 2.93. The molecule has 1 unspecified atom stereocenters. The minimum Gasteiger partial charge on any atom is -0.469 e. The number of hydrogen-bond acceptors (Lipinski definition) is 3. The van der Waals surface area contributed by atoms with Gasteiger partial charge in [-0.25, -0.2) is 0 Å². The molecule has 4 heteroatoms. The molecule has 1 heterocycles. The Hall–Kier alpha value is -1.81. The van der Waals surface area contributed by atoms with Crippen LogP contribution < -0.4 is 11.1 Å². The van der Waals surface area contributed by atoms with E-state index in [9.17, 15) is 0 Å². The van der Waals surface area contributed by atoms with E-state index in [0.29, 0.717) is 4.99 Å². The number of rotatable bonds is 5. The van der Waals surface area contributed by atoms with Gasteiger partial charge in [0.2, 0.25) is 0 Å². The van der Waals surface area contributed by atoms with Gasteiger partial charge in [0.15, 0.2) is 0 Å². The summed E-state index contributed by atoms with van der Waals surface area (Å²) in [5, 5.41) is 3.43.